The highest BCUT2D eigenvalue weighted by Gasteiger charge is 2.13. The van der Waals surface area contributed by atoms with Gasteiger partial charge in [-0.15, -0.1) is 0 Å². The van der Waals surface area contributed by atoms with Crippen LogP contribution in [0.15, 0.2) is 59.3 Å². The van der Waals surface area contributed by atoms with Gasteiger partial charge in [-0.3, -0.25) is 21.2 Å². The molecule has 0 aliphatic heterocycles. The largest absolute Gasteiger partial charge is 0.271 e. The number of halogens is 1. The van der Waals surface area contributed by atoms with Crippen LogP contribution in [-0.2, 0) is 6.42 Å². The van der Waals surface area contributed by atoms with Crippen LogP contribution in [-0.4, -0.2) is 9.97 Å². The molecule has 0 saturated carbocycles. The van der Waals surface area contributed by atoms with E-state index in [1.165, 1.54) is 5.56 Å². The van der Waals surface area contributed by atoms with E-state index in [0.29, 0.717) is 0 Å². The van der Waals surface area contributed by atoms with E-state index in [2.05, 4.69) is 37.4 Å². The third-order valence-corrected chi connectivity index (χ3v) is 4.25. The minimum atomic E-state index is 0.0232. The quantitative estimate of drug-likeness (QED) is 0.564. The van der Waals surface area contributed by atoms with E-state index < -0.39 is 0 Å². The first-order valence-corrected chi connectivity index (χ1v) is 7.47. The lowest BCUT2D eigenvalue weighted by Gasteiger charge is -2.17. The number of hydrazine groups is 1. The molecule has 1 atom stereocenters. The average Bonchev–Trinajstić information content (AvgIpc) is 2.54. The summed E-state index contributed by atoms with van der Waals surface area (Å²) in [5.74, 6) is 5.75. The highest BCUT2D eigenvalue weighted by molar-refractivity contribution is 9.10. The summed E-state index contributed by atoms with van der Waals surface area (Å²) in [6.45, 7) is 0. The van der Waals surface area contributed by atoms with E-state index in [9.17, 15) is 0 Å². The maximum absolute atomic E-state index is 5.75. The molecule has 106 valence electrons. The molecule has 0 aliphatic rings. The van der Waals surface area contributed by atoms with Crippen molar-refractivity contribution in [1.82, 2.24) is 15.4 Å². The van der Waals surface area contributed by atoms with Gasteiger partial charge in [0.15, 0.2) is 0 Å². The third kappa shape index (κ3) is 3.10. The Bertz CT molecular complexity index is 760. The summed E-state index contributed by atoms with van der Waals surface area (Å²) in [5, 5.41) is 0. The number of nitrogens with zero attached hydrogens (tertiary/aromatic N) is 2. The van der Waals surface area contributed by atoms with Gasteiger partial charge in [-0.2, -0.15) is 0 Å². The molecule has 0 bridgehead atoms. The van der Waals surface area contributed by atoms with Crippen LogP contribution in [0.3, 0.4) is 0 Å². The maximum atomic E-state index is 5.75. The van der Waals surface area contributed by atoms with Gasteiger partial charge in [-0.05, 0) is 35.7 Å². The van der Waals surface area contributed by atoms with Gasteiger partial charge in [0.25, 0.3) is 0 Å². The standard InChI is InChI=1S/C16H15BrN4/c17-13-4-2-1-3-11(13)9-15(21-18)12-5-6-14-16(10-12)20-8-7-19-14/h1-8,10,15,21H,9,18H2. The molecule has 0 aliphatic carbocycles. The van der Waals surface area contributed by atoms with Crippen molar-refractivity contribution >= 4 is 27.0 Å². The first-order valence-electron chi connectivity index (χ1n) is 6.68. The number of aromatic nitrogens is 2. The normalized spacial score (nSPS) is 12.5. The Hall–Kier alpha value is -1.82. The lowest BCUT2D eigenvalue weighted by molar-refractivity contribution is 0.551. The van der Waals surface area contributed by atoms with Gasteiger partial charge in [0.2, 0.25) is 0 Å². The van der Waals surface area contributed by atoms with Crippen molar-refractivity contribution in [2.24, 2.45) is 5.84 Å². The number of rotatable bonds is 4. The van der Waals surface area contributed by atoms with Crippen LogP contribution in [0.2, 0.25) is 0 Å². The Labute approximate surface area is 131 Å². The Morgan fingerprint density at radius 3 is 2.57 bits per heavy atom. The smallest absolute Gasteiger partial charge is 0.0890 e. The van der Waals surface area contributed by atoms with Crippen molar-refractivity contribution in [3.05, 3.63) is 70.5 Å². The zero-order valence-corrected chi connectivity index (χ0v) is 12.9. The molecule has 0 saturated heterocycles. The summed E-state index contributed by atoms with van der Waals surface area (Å²) in [6.07, 6.45) is 4.19. The van der Waals surface area contributed by atoms with Crippen molar-refractivity contribution in [3.63, 3.8) is 0 Å². The van der Waals surface area contributed by atoms with E-state index in [1.54, 1.807) is 12.4 Å². The van der Waals surface area contributed by atoms with Crippen LogP contribution in [0.1, 0.15) is 17.2 Å². The molecule has 1 heterocycles. The van der Waals surface area contributed by atoms with Crippen molar-refractivity contribution in [2.75, 3.05) is 0 Å². The highest BCUT2D eigenvalue weighted by Crippen LogP contribution is 2.24. The van der Waals surface area contributed by atoms with Crippen LogP contribution in [0.25, 0.3) is 11.0 Å². The Balaban J connectivity index is 1.93. The van der Waals surface area contributed by atoms with Crippen LogP contribution < -0.4 is 11.3 Å². The summed E-state index contributed by atoms with van der Waals surface area (Å²) in [4.78, 5) is 8.63. The number of nitrogens with one attached hydrogen (secondary N) is 1. The zero-order valence-electron chi connectivity index (χ0n) is 11.3. The first kappa shape index (κ1) is 14.1. The van der Waals surface area contributed by atoms with Gasteiger partial charge in [0.1, 0.15) is 0 Å². The molecule has 21 heavy (non-hydrogen) atoms. The monoisotopic (exact) mass is 342 g/mol. The molecule has 3 N–H and O–H groups in total. The summed E-state index contributed by atoms with van der Waals surface area (Å²) in [7, 11) is 0. The Morgan fingerprint density at radius 2 is 1.81 bits per heavy atom. The van der Waals surface area contributed by atoms with Gasteiger partial charge in [-0.25, -0.2) is 0 Å². The van der Waals surface area contributed by atoms with Crippen LogP contribution in [0.5, 0.6) is 0 Å². The number of benzene rings is 2. The predicted octanol–water partition coefficient (Wildman–Crippen LogP) is 3.14. The fourth-order valence-corrected chi connectivity index (χ4v) is 2.80. The predicted molar refractivity (Wildman–Crippen MR) is 87.4 cm³/mol. The summed E-state index contributed by atoms with van der Waals surface area (Å²) >= 11 is 3.58. The molecule has 0 fully saturated rings. The lowest BCUT2D eigenvalue weighted by atomic mass is 9.99. The van der Waals surface area contributed by atoms with Crippen molar-refractivity contribution in [1.29, 1.82) is 0 Å². The number of fused-ring (bicyclic) bond motifs is 1. The molecule has 3 aromatic rings. The molecule has 0 spiro atoms. The van der Waals surface area contributed by atoms with E-state index in [1.807, 2.05) is 36.4 Å². The van der Waals surface area contributed by atoms with E-state index in [0.717, 1.165) is 27.5 Å². The fraction of sp³-hybridized carbons (Fsp3) is 0.125. The van der Waals surface area contributed by atoms with Gasteiger partial charge in [-0.1, -0.05) is 40.2 Å². The molecule has 0 amide bonds. The zero-order chi connectivity index (χ0) is 14.7. The summed E-state index contributed by atoms with van der Waals surface area (Å²) < 4.78 is 1.09. The molecule has 1 aromatic heterocycles. The molecule has 3 rings (SSSR count). The minimum Gasteiger partial charge on any atom is -0.271 e. The van der Waals surface area contributed by atoms with Crippen LogP contribution >= 0.6 is 15.9 Å². The van der Waals surface area contributed by atoms with E-state index >= 15 is 0 Å². The van der Waals surface area contributed by atoms with Crippen molar-refractivity contribution < 1.29 is 0 Å². The van der Waals surface area contributed by atoms with Crippen molar-refractivity contribution in [2.45, 2.75) is 12.5 Å². The van der Waals surface area contributed by atoms with Gasteiger partial charge >= 0.3 is 0 Å². The lowest BCUT2D eigenvalue weighted by Crippen LogP contribution is -2.29. The summed E-state index contributed by atoms with van der Waals surface area (Å²) in [5.41, 5.74) is 6.96. The van der Waals surface area contributed by atoms with Gasteiger partial charge < -0.3 is 0 Å². The Morgan fingerprint density at radius 1 is 1.05 bits per heavy atom. The fourth-order valence-electron chi connectivity index (χ4n) is 2.35. The molecule has 1 unspecified atom stereocenters. The van der Waals surface area contributed by atoms with Gasteiger partial charge in [0, 0.05) is 16.9 Å². The minimum absolute atomic E-state index is 0.0232. The van der Waals surface area contributed by atoms with E-state index in [4.69, 9.17) is 5.84 Å². The second-order valence-electron chi connectivity index (χ2n) is 4.82. The molecule has 2 aromatic carbocycles. The van der Waals surface area contributed by atoms with Crippen molar-refractivity contribution in [3.8, 4) is 0 Å². The maximum Gasteiger partial charge on any atom is 0.0890 e. The molecular weight excluding hydrogens is 328 g/mol. The number of nitrogens with two attached hydrogens (primary N) is 1. The molecule has 4 nitrogen and oxygen atoms in total. The SMILES string of the molecule is NNC(Cc1ccccc1Br)c1ccc2nccnc2c1. The third-order valence-electron chi connectivity index (χ3n) is 3.48. The second kappa shape index (κ2) is 6.30. The first-order chi connectivity index (χ1) is 10.3. The Kier molecular flexibility index (Phi) is 4.24. The molecule has 0 radical (unpaired) electrons. The topological polar surface area (TPSA) is 63.8 Å². The van der Waals surface area contributed by atoms with Gasteiger partial charge in [0.05, 0.1) is 17.1 Å². The second-order valence-corrected chi connectivity index (χ2v) is 5.67. The number of hydrogen-bond donors (Lipinski definition) is 2. The van der Waals surface area contributed by atoms with Crippen LogP contribution in [0, 0.1) is 0 Å². The highest BCUT2D eigenvalue weighted by atomic mass is 79.9. The number of hydrogen-bond acceptors (Lipinski definition) is 4. The average molecular weight is 343 g/mol. The molecule has 5 heteroatoms. The van der Waals surface area contributed by atoms with Crippen LogP contribution in [0.4, 0.5) is 0 Å². The molecular formula is C16H15BrN4. The summed E-state index contributed by atoms with van der Waals surface area (Å²) in [6, 6.07) is 14.2. The van der Waals surface area contributed by atoms with E-state index in [-0.39, 0.29) is 6.04 Å².